The van der Waals surface area contributed by atoms with Crippen LogP contribution in [0.4, 0.5) is 5.69 Å². The standard InChI is InChI=1S/C24H27N3O/c1-17(2)18-9-11-20(12-10-18)26-21-7-5-15-27(16-21)24(28)23-22-8-4-3-6-19(22)13-14-25-23/h3-4,6,8-14,17,21,26H,5,7,15-16H2,1-2H3/t21-/m0/s1. The van der Waals surface area contributed by atoms with E-state index in [1.165, 1.54) is 5.56 Å². The number of aromatic nitrogens is 1. The third-order valence-electron chi connectivity index (χ3n) is 5.53. The Morgan fingerprint density at radius 3 is 2.68 bits per heavy atom. The molecule has 2 heterocycles. The van der Waals surface area contributed by atoms with Crippen molar-refractivity contribution in [2.45, 2.75) is 38.6 Å². The molecule has 1 aliphatic rings. The summed E-state index contributed by atoms with van der Waals surface area (Å²) in [5.41, 5.74) is 3.01. The molecule has 0 bridgehead atoms. The van der Waals surface area contributed by atoms with E-state index in [1.54, 1.807) is 6.20 Å². The van der Waals surface area contributed by atoms with Crippen molar-refractivity contribution >= 4 is 22.4 Å². The second kappa shape index (κ2) is 8.01. The third-order valence-corrected chi connectivity index (χ3v) is 5.53. The highest BCUT2D eigenvalue weighted by atomic mass is 16.2. The summed E-state index contributed by atoms with van der Waals surface area (Å²) in [6, 6.07) is 18.8. The molecule has 0 radical (unpaired) electrons. The van der Waals surface area contributed by atoms with E-state index in [0.29, 0.717) is 18.2 Å². The average Bonchev–Trinajstić information content (AvgIpc) is 2.73. The zero-order chi connectivity index (χ0) is 19.5. The smallest absolute Gasteiger partial charge is 0.273 e. The first-order chi connectivity index (χ1) is 13.6. The van der Waals surface area contributed by atoms with Gasteiger partial charge in [0.05, 0.1) is 0 Å². The van der Waals surface area contributed by atoms with E-state index < -0.39 is 0 Å². The first-order valence-corrected chi connectivity index (χ1v) is 10.1. The normalized spacial score (nSPS) is 17.1. The van der Waals surface area contributed by atoms with Gasteiger partial charge in [-0.15, -0.1) is 0 Å². The van der Waals surface area contributed by atoms with E-state index in [1.807, 2.05) is 35.2 Å². The highest BCUT2D eigenvalue weighted by Crippen LogP contribution is 2.23. The predicted molar refractivity (Wildman–Crippen MR) is 115 cm³/mol. The maximum absolute atomic E-state index is 13.2. The number of fused-ring (bicyclic) bond motifs is 1. The molecular weight excluding hydrogens is 346 g/mol. The lowest BCUT2D eigenvalue weighted by Crippen LogP contribution is -2.45. The van der Waals surface area contributed by atoms with Crippen molar-refractivity contribution in [1.29, 1.82) is 0 Å². The summed E-state index contributed by atoms with van der Waals surface area (Å²) < 4.78 is 0. The fourth-order valence-corrected chi connectivity index (χ4v) is 3.92. The third kappa shape index (κ3) is 3.86. The monoisotopic (exact) mass is 373 g/mol. The topological polar surface area (TPSA) is 45.2 Å². The minimum absolute atomic E-state index is 0.0263. The van der Waals surface area contributed by atoms with Crippen LogP contribution in [-0.4, -0.2) is 34.9 Å². The van der Waals surface area contributed by atoms with Gasteiger partial charge in [0, 0.05) is 36.4 Å². The van der Waals surface area contributed by atoms with Crippen LogP contribution < -0.4 is 5.32 Å². The lowest BCUT2D eigenvalue weighted by Gasteiger charge is -2.33. The Morgan fingerprint density at radius 2 is 1.89 bits per heavy atom. The number of nitrogens with zero attached hydrogens (tertiary/aromatic N) is 2. The number of pyridine rings is 1. The number of carbonyl (C=O) groups is 1. The quantitative estimate of drug-likeness (QED) is 0.694. The van der Waals surface area contributed by atoms with Gasteiger partial charge in [0.2, 0.25) is 0 Å². The zero-order valence-corrected chi connectivity index (χ0v) is 16.6. The van der Waals surface area contributed by atoms with Crippen molar-refractivity contribution in [3.63, 3.8) is 0 Å². The average molecular weight is 374 g/mol. The molecule has 1 fully saturated rings. The molecule has 2 aromatic carbocycles. The van der Waals surface area contributed by atoms with Crippen molar-refractivity contribution in [2.24, 2.45) is 0 Å². The van der Waals surface area contributed by atoms with E-state index in [2.05, 4.69) is 48.4 Å². The second-order valence-corrected chi connectivity index (χ2v) is 7.89. The molecule has 28 heavy (non-hydrogen) atoms. The Kier molecular flexibility index (Phi) is 5.29. The summed E-state index contributed by atoms with van der Waals surface area (Å²) >= 11 is 0. The van der Waals surface area contributed by atoms with Crippen LogP contribution in [0.5, 0.6) is 0 Å². The maximum Gasteiger partial charge on any atom is 0.273 e. The Morgan fingerprint density at radius 1 is 1.11 bits per heavy atom. The molecule has 1 amide bonds. The first-order valence-electron chi connectivity index (χ1n) is 10.1. The van der Waals surface area contributed by atoms with Gasteiger partial charge in [-0.05, 0) is 47.9 Å². The molecular formula is C24H27N3O. The molecule has 0 unspecified atom stereocenters. The highest BCUT2D eigenvalue weighted by Gasteiger charge is 2.26. The summed E-state index contributed by atoms with van der Waals surface area (Å²) in [5.74, 6) is 0.559. The summed E-state index contributed by atoms with van der Waals surface area (Å²) in [6.07, 6.45) is 3.79. The minimum Gasteiger partial charge on any atom is -0.381 e. The molecule has 144 valence electrons. The molecule has 1 atom stereocenters. The Bertz CT molecular complexity index is 960. The number of piperidine rings is 1. The van der Waals surface area contributed by atoms with Crippen LogP contribution in [0, 0.1) is 0 Å². The fourth-order valence-electron chi connectivity index (χ4n) is 3.92. The number of rotatable bonds is 4. The van der Waals surface area contributed by atoms with E-state index >= 15 is 0 Å². The van der Waals surface area contributed by atoms with Crippen LogP contribution >= 0.6 is 0 Å². The van der Waals surface area contributed by atoms with Gasteiger partial charge >= 0.3 is 0 Å². The van der Waals surface area contributed by atoms with E-state index in [4.69, 9.17) is 0 Å². The minimum atomic E-state index is 0.0263. The first kappa shape index (κ1) is 18.5. The maximum atomic E-state index is 13.2. The fraction of sp³-hybridized carbons (Fsp3) is 0.333. The van der Waals surface area contributed by atoms with Gasteiger partial charge in [0.15, 0.2) is 0 Å². The van der Waals surface area contributed by atoms with Gasteiger partial charge in [-0.25, -0.2) is 0 Å². The summed E-state index contributed by atoms with van der Waals surface area (Å²) in [5, 5.41) is 5.59. The molecule has 1 saturated heterocycles. The number of hydrogen-bond donors (Lipinski definition) is 1. The van der Waals surface area contributed by atoms with Crippen molar-refractivity contribution in [1.82, 2.24) is 9.88 Å². The summed E-state index contributed by atoms with van der Waals surface area (Å²) in [4.78, 5) is 19.5. The molecule has 0 spiro atoms. The molecule has 1 N–H and O–H groups in total. The van der Waals surface area contributed by atoms with Crippen molar-refractivity contribution in [2.75, 3.05) is 18.4 Å². The van der Waals surface area contributed by atoms with Gasteiger partial charge in [0.25, 0.3) is 5.91 Å². The van der Waals surface area contributed by atoms with Gasteiger partial charge in [0.1, 0.15) is 5.69 Å². The second-order valence-electron chi connectivity index (χ2n) is 7.89. The molecule has 4 nitrogen and oxygen atoms in total. The van der Waals surface area contributed by atoms with E-state index in [0.717, 1.165) is 35.8 Å². The van der Waals surface area contributed by atoms with Crippen LogP contribution in [0.25, 0.3) is 10.8 Å². The lowest BCUT2D eigenvalue weighted by molar-refractivity contribution is 0.0711. The Hall–Kier alpha value is -2.88. The number of anilines is 1. The molecule has 1 aromatic heterocycles. The lowest BCUT2D eigenvalue weighted by atomic mass is 10.0. The van der Waals surface area contributed by atoms with Crippen LogP contribution in [0.15, 0.2) is 60.8 Å². The van der Waals surface area contributed by atoms with Crippen LogP contribution in [-0.2, 0) is 0 Å². The van der Waals surface area contributed by atoms with Crippen LogP contribution in [0.2, 0.25) is 0 Å². The van der Waals surface area contributed by atoms with Gasteiger partial charge in [-0.2, -0.15) is 0 Å². The molecule has 3 aromatic rings. The van der Waals surface area contributed by atoms with Crippen LogP contribution in [0.1, 0.15) is 48.7 Å². The highest BCUT2D eigenvalue weighted by molar-refractivity contribution is 6.05. The van der Waals surface area contributed by atoms with E-state index in [9.17, 15) is 4.79 Å². The molecule has 0 aliphatic carbocycles. The van der Waals surface area contributed by atoms with Gasteiger partial charge in [-0.3, -0.25) is 9.78 Å². The van der Waals surface area contributed by atoms with Gasteiger partial charge in [-0.1, -0.05) is 50.2 Å². The Balaban J connectivity index is 1.48. The number of likely N-dealkylation sites (tertiary alicyclic amines) is 1. The Labute approximate surface area is 166 Å². The number of hydrogen-bond acceptors (Lipinski definition) is 3. The summed E-state index contributed by atoms with van der Waals surface area (Å²) in [7, 11) is 0. The van der Waals surface area contributed by atoms with Gasteiger partial charge < -0.3 is 10.2 Å². The van der Waals surface area contributed by atoms with E-state index in [-0.39, 0.29) is 11.9 Å². The number of nitrogens with one attached hydrogen (secondary N) is 1. The van der Waals surface area contributed by atoms with Crippen LogP contribution in [0.3, 0.4) is 0 Å². The van der Waals surface area contributed by atoms with Crippen molar-refractivity contribution in [3.05, 3.63) is 72.1 Å². The number of benzene rings is 2. The molecule has 0 saturated carbocycles. The SMILES string of the molecule is CC(C)c1ccc(N[C@H]2CCCN(C(=O)c3nccc4ccccc34)C2)cc1. The van der Waals surface area contributed by atoms with Crippen molar-refractivity contribution in [3.8, 4) is 0 Å². The van der Waals surface area contributed by atoms with Crippen molar-refractivity contribution < 1.29 is 4.79 Å². The molecule has 1 aliphatic heterocycles. The molecule has 4 rings (SSSR count). The predicted octanol–water partition coefficient (Wildman–Crippen LogP) is 5.07. The summed E-state index contributed by atoms with van der Waals surface area (Å²) in [6.45, 7) is 5.90. The molecule has 4 heteroatoms. The number of amides is 1. The number of carbonyl (C=O) groups excluding carboxylic acids is 1. The largest absolute Gasteiger partial charge is 0.381 e. The zero-order valence-electron chi connectivity index (χ0n) is 16.6.